The minimum Gasteiger partial charge on any atom is -0.493 e. The van der Waals surface area contributed by atoms with E-state index in [1.165, 1.54) is 12.8 Å². The Hall–Kier alpha value is -0.580. The summed E-state index contributed by atoms with van der Waals surface area (Å²) in [6, 6.07) is 6.75. The molecule has 1 fully saturated rings. The molecule has 106 valence electrons. The summed E-state index contributed by atoms with van der Waals surface area (Å²) >= 11 is 3.50. The van der Waals surface area contributed by atoms with Crippen molar-refractivity contribution in [3.05, 3.63) is 28.2 Å². The molecule has 0 aromatic heterocycles. The van der Waals surface area contributed by atoms with Crippen LogP contribution in [0.1, 0.15) is 38.7 Å². The fraction of sp³-hybridized carbons (Fsp3) is 0.600. The van der Waals surface area contributed by atoms with Gasteiger partial charge in [-0.3, -0.25) is 0 Å². The highest BCUT2D eigenvalue weighted by Gasteiger charge is 2.20. The van der Waals surface area contributed by atoms with Gasteiger partial charge in [-0.2, -0.15) is 0 Å². The number of aliphatic hydroxyl groups is 1. The molecule has 0 spiro atoms. The highest BCUT2D eigenvalue weighted by molar-refractivity contribution is 9.10. The highest BCUT2D eigenvalue weighted by atomic mass is 79.9. The maximum atomic E-state index is 9.69. The fourth-order valence-corrected chi connectivity index (χ4v) is 2.19. The van der Waals surface area contributed by atoms with Gasteiger partial charge in [0.25, 0.3) is 0 Å². The largest absolute Gasteiger partial charge is 0.493 e. The number of halogens is 1. The second-order valence-corrected chi connectivity index (χ2v) is 6.73. The first kappa shape index (κ1) is 14.8. The molecule has 19 heavy (non-hydrogen) atoms. The zero-order chi connectivity index (χ0) is 13.9. The van der Waals surface area contributed by atoms with Crippen LogP contribution in [-0.2, 0) is 6.54 Å². The lowest BCUT2D eigenvalue weighted by molar-refractivity contribution is 0.0552. The van der Waals surface area contributed by atoms with E-state index < -0.39 is 5.60 Å². The van der Waals surface area contributed by atoms with Crippen LogP contribution in [-0.4, -0.2) is 23.4 Å². The smallest absolute Gasteiger partial charge is 0.123 e. The first-order valence-electron chi connectivity index (χ1n) is 6.81. The Morgan fingerprint density at radius 1 is 1.42 bits per heavy atom. The van der Waals surface area contributed by atoms with E-state index in [0.29, 0.717) is 19.1 Å². The van der Waals surface area contributed by atoms with E-state index in [4.69, 9.17) is 4.74 Å². The van der Waals surface area contributed by atoms with Crippen LogP contribution in [0.4, 0.5) is 0 Å². The monoisotopic (exact) mass is 327 g/mol. The van der Waals surface area contributed by atoms with E-state index in [9.17, 15) is 5.11 Å². The van der Waals surface area contributed by atoms with Crippen LogP contribution >= 0.6 is 15.9 Å². The predicted molar refractivity (Wildman–Crippen MR) is 80.4 cm³/mol. The van der Waals surface area contributed by atoms with E-state index in [-0.39, 0.29) is 0 Å². The van der Waals surface area contributed by atoms with Crippen molar-refractivity contribution in [2.75, 3.05) is 6.61 Å². The lowest BCUT2D eigenvalue weighted by Gasteiger charge is -2.18. The molecule has 2 rings (SSSR count). The summed E-state index contributed by atoms with van der Waals surface area (Å²) in [6.45, 7) is 4.96. The number of benzene rings is 1. The Balaban J connectivity index is 1.93. The van der Waals surface area contributed by atoms with Crippen molar-refractivity contribution in [1.29, 1.82) is 0 Å². The van der Waals surface area contributed by atoms with E-state index in [0.717, 1.165) is 22.3 Å². The molecule has 1 aliphatic carbocycles. The van der Waals surface area contributed by atoms with Crippen molar-refractivity contribution in [3.8, 4) is 5.75 Å². The van der Waals surface area contributed by atoms with Gasteiger partial charge in [0.2, 0.25) is 0 Å². The van der Waals surface area contributed by atoms with Gasteiger partial charge >= 0.3 is 0 Å². The zero-order valence-electron chi connectivity index (χ0n) is 11.6. The van der Waals surface area contributed by atoms with Gasteiger partial charge in [-0.1, -0.05) is 15.9 Å². The van der Waals surface area contributed by atoms with Crippen LogP contribution in [0.25, 0.3) is 0 Å². The summed E-state index contributed by atoms with van der Waals surface area (Å²) < 4.78 is 6.86. The first-order valence-corrected chi connectivity index (χ1v) is 7.60. The zero-order valence-corrected chi connectivity index (χ0v) is 13.2. The second kappa shape index (κ2) is 6.25. The van der Waals surface area contributed by atoms with Crippen LogP contribution in [0, 0.1) is 0 Å². The number of hydrogen-bond donors (Lipinski definition) is 2. The van der Waals surface area contributed by atoms with Crippen molar-refractivity contribution in [1.82, 2.24) is 5.32 Å². The summed E-state index contributed by atoms with van der Waals surface area (Å²) in [5.74, 6) is 0.903. The number of ether oxygens (including phenoxy) is 1. The normalized spacial score (nSPS) is 15.6. The van der Waals surface area contributed by atoms with Gasteiger partial charge in [0, 0.05) is 29.0 Å². The standard InChI is InChI=1S/C15H22BrNO2/c1-15(2,18)7-8-19-14-6-3-12(16)9-11(14)10-17-13-4-5-13/h3,6,9,13,17-18H,4-5,7-8,10H2,1-2H3. The van der Waals surface area contributed by atoms with E-state index in [2.05, 4.69) is 27.3 Å². The topological polar surface area (TPSA) is 41.5 Å². The number of hydrogen-bond acceptors (Lipinski definition) is 3. The summed E-state index contributed by atoms with van der Waals surface area (Å²) in [7, 11) is 0. The minimum absolute atomic E-state index is 0.529. The first-order chi connectivity index (χ1) is 8.94. The highest BCUT2D eigenvalue weighted by Crippen LogP contribution is 2.26. The molecule has 0 atom stereocenters. The summed E-state index contributed by atoms with van der Waals surface area (Å²) in [6.07, 6.45) is 3.18. The molecule has 0 amide bonds. The molecule has 1 saturated carbocycles. The van der Waals surface area contributed by atoms with Gasteiger partial charge in [-0.25, -0.2) is 0 Å². The van der Waals surface area contributed by atoms with Crippen molar-refractivity contribution >= 4 is 15.9 Å². The van der Waals surface area contributed by atoms with Gasteiger partial charge in [0.15, 0.2) is 0 Å². The average Bonchev–Trinajstić information content (AvgIpc) is 3.11. The lowest BCUT2D eigenvalue weighted by atomic mass is 10.1. The molecular weight excluding hydrogens is 306 g/mol. The van der Waals surface area contributed by atoms with E-state index in [1.54, 1.807) is 13.8 Å². The molecular formula is C15H22BrNO2. The quantitative estimate of drug-likeness (QED) is 0.807. The molecule has 0 aliphatic heterocycles. The average molecular weight is 328 g/mol. The van der Waals surface area contributed by atoms with Gasteiger partial charge in [0.05, 0.1) is 12.2 Å². The minimum atomic E-state index is -0.679. The third-order valence-corrected chi connectivity index (χ3v) is 3.65. The SMILES string of the molecule is CC(C)(O)CCOc1ccc(Br)cc1CNC1CC1. The molecule has 0 bridgehead atoms. The summed E-state index contributed by atoms with van der Waals surface area (Å²) in [4.78, 5) is 0. The van der Waals surface area contributed by atoms with Gasteiger partial charge in [-0.15, -0.1) is 0 Å². The third-order valence-electron chi connectivity index (χ3n) is 3.15. The van der Waals surface area contributed by atoms with Crippen LogP contribution < -0.4 is 10.1 Å². The Labute approximate surface area is 123 Å². The molecule has 4 heteroatoms. The molecule has 0 saturated heterocycles. The van der Waals surface area contributed by atoms with Gasteiger partial charge < -0.3 is 15.2 Å². The Morgan fingerprint density at radius 2 is 2.16 bits per heavy atom. The van der Waals surface area contributed by atoms with E-state index in [1.807, 2.05) is 12.1 Å². The van der Waals surface area contributed by atoms with Gasteiger partial charge in [0.1, 0.15) is 5.75 Å². The van der Waals surface area contributed by atoms with Crippen molar-refractivity contribution in [2.24, 2.45) is 0 Å². The van der Waals surface area contributed by atoms with Crippen LogP contribution in [0.3, 0.4) is 0 Å². The molecule has 2 N–H and O–H groups in total. The number of rotatable bonds is 7. The maximum absolute atomic E-state index is 9.69. The summed E-state index contributed by atoms with van der Waals surface area (Å²) in [5, 5.41) is 13.2. The molecule has 3 nitrogen and oxygen atoms in total. The van der Waals surface area contributed by atoms with Crippen LogP contribution in [0.15, 0.2) is 22.7 Å². The van der Waals surface area contributed by atoms with Crippen LogP contribution in [0.2, 0.25) is 0 Å². The lowest BCUT2D eigenvalue weighted by Crippen LogP contribution is -2.22. The fourth-order valence-electron chi connectivity index (χ4n) is 1.78. The molecule has 1 aromatic rings. The Kier molecular flexibility index (Phi) is 4.87. The summed E-state index contributed by atoms with van der Waals surface area (Å²) in [5.41, 5.74) is 0.485. The van der Waals surface area contributed by atoms with Crippen LogP contribution in [0.5, 0.6) is 5.75 Å². The second-order valence-electron chi connectivity index (χ2n) is 5.82. The molecule has 0 unspecified atom stereocenters. The number of nitrogens with one attached hydrogen (secondary N) is 1. The predicted octanol–water partition coefficient (Wildman–Crippen LogP) is 3.24. The third kappa shape index (κ3) is 5.51. The van der Waals surface area contributed by atoms with E-state index >= 15 is 0 Å². The molecule has 0 heterocycles. The Bertz CT molecular complexity index is 425. The Morgan fingerprint density at radius 3 is 2.79 bits per heavy atom. The van der Waals surface area contributed by atoms with Crippen molar-refractivity contribution in [3.63, 3.8) is 0 Å². The molecule has 1 aromatic carbocycles. The van der Waals surface area contributed by atoms with Gasteiger partial charge in [-0.05, 0) is 44.9 Å². The molecule has 1 aliphatic rings. The molecule has 0 radical (unpaired) electrons. The van der Waals surface area contributed by atoms with Crippen molar-refractivity contribution in [2.45, 2.75) is 51.3 Å². The van der Waals surface area contributed by atoms with Crippen molar-refractivity contribution < 1.29 is 9.84 Å². The maximum Gasteiger partial charge on any atom is 0.123 e.